The van der Waals surface area contributed by atoms with Crippen LogP contribution in [0.25, 0.3) is 0 Å². The summed E-state index contributed by atoms with van der Waals surface area (Å²) in [5, 5.41) is 12.2. The van der Waals surface area contributed by atoms with E-state index >= 15 is 0 Å². The van der Waals surface area contributed by atoms with E-state index in [1.165, 1.54) is 7.11 Å². The number of carbonyl (C=O) groups is 3. The summed E-state index contributed by atoms with van der Waals surface area (Å²) >= 11 is 0. The molecule has 3 rings (SSSR count). The van der Waals surface area contributed by atoms with Gasteiger partial charge in [0.25, 0.3) is 0 Å². The van der Waals surface area contributed by atoms with Crippen molar-refractivity contribution < 1.29 is 28.6 Å². The normalized spacial score (nSPS) is 20.6. The van der Waals surface area contributed by atoms with Crippen molar-refractivity contribution in [3.8, 4) is 11.8 Å². The molecule has 0 bridgehead atoms. The van der Waals surface area contributed by atoms with E-state index < -0.39 is 29.7 Å². The van der Waals surface area contributed by atoms with E-state index in [1.54, 1.807) is 24.3 Å². The molecule has 0 aliphatic carbocycles. The van der Waals surface area contributed by atoms with Crippen molar-refractivity contribution in [3.05, 3.63) is 52.6 Å². The average Bonchev–Trinajstić information content (AvgIpc) is 2.93. The molecule has 1 aromatic carbocycles. The number of carbonyl (C=O) groups excluding carboxylic acids is 3. The van der Waals surface area contributed by atoms with Gasteiger partial charge in [0.2, 0.25) is 11.8 Å². The van der Waals surface area contributed by atoms with E-state index in [0.29, 0.717) is 0 Å². The number of hydrogen-bond donors (Lipinski definition) is 2. The highest BCUT2D eigenvalue weighted by Crippen LogP contribution is 2.51. The number of ether oxygens (including phenoxy) is 3. The number of nitriles is 1. The van der Waals surface area contributed by atoms with Crippen LogP contribution in [0.4, 0.5) is 0 Å². The largest absolute Gasteiger partial charge is 0.469 e. The molecule has 27 heavy (non-hydrogen) atoms. The van der Waals surface area contributed by atoms with Crippen LogP contribution in [0.15, 0.2) is 47.0 Å². The monoisotopic (exact) mass is 369 g/mol. The zero-order valence-electron chi connectivity index (χ0n) is 14.5. The first-order chi connectivity index (χ1) is 12.9. The number of para-hydroxylation sites is 1. The first-order valence-corrected chi connectivity index (χ1v) is 7.79. The third-order valence-corrected chi connectivity index (χ3v) is 4.46. The molecule has 1 atom stereocenters. The summed E-state index contributed by atoms with van der Waals surface area (Å²) in [5.74, 6) is -2.38. The SMILES string of the molecule is COC(=O)CC1=C(C(=O)OC)[C@@]2(C(=O)N1)C(C#N)=C(N)Oc1ccccc12. The van der Waals surface area contributed by atoms with Gasteiger partial charge in [0.1, 0.15) is 17.4 Å². The molecule has 1 amide bonds. The van der Waals surface area contributed by atoms with Crippen LogP contribution in [-0.4, -0.2) is 32.1 Å². The van der Waals surface area contributed by atoms with Crippen LogP contribution in [-0.2, 0) is 29.3 Å². The van der Waals surface area contributed by atoms with Gasteiger partial charge in [-0.25, -0.2) is 4.79 Å². The highest BCUT2D eigenvalue weighted by Gasteiger charge is 2.60. The number of methoxy groups -OCH3 is 2. The van der Waals surface area contributed by atoms with Crippen molar-refractivity contribution in [1.29, 1.82) is 5.26 Å². The van der Waals surface area contributed by atoms with Crippen LogP contribution in [0.1, 0.15) is 12.0 Å². The Bertz CT molecular complexity index is 972. The fourth-order valence-corrected chi connectivity index (χ4v) is 3.35. The maximum absolute atomic E-state index is 13.1. The summed E-state index contributed by atoms with van der Waals surface area (Å²) in [5.41, 5.74) is 3.76. The summed E-state index contributed by atoms with van der Waals surface area (Å²) in [7, 11) is 2.31. The first-order valence-electron chi connectivity index (χ1n) is 7.79. The standard InChI is InChI=1S/C18H15N3O6/c1-25-13(22)7-11-14(16(23)26-2)18(17(24)21-11)9-5-3-4-6-12(9)27-15(20)10(18)8-19/h3-6H,7,20H2,1-2H3,(H,21,24)/t18-/m0/s1. The molecule has 2 aliphatic rings. The van der Waals surface area contributed by atoms with E-state index in [9.17, 15) is 19.6 Å². The van der Waals surface area contributed by atoms with E-state index in [4.69, 9.17) is 15.2 Å². The van der Waals surface area contributed by atoms with Crippen LogP contribution >= 0.6 is 0 Å². The molecule has 0 radical (unpaired) electrons. The van der Waals surface area contributed by atoms with E-state index in [1.807, 2.05) is 6.07 Å². The highest BCUT2D eigenvalue weighted by molar-refractivity contribution is 6.13. The molecular weight excluding hydrogens is 354 g/mol. The molecule has 0 fully saturated rings. The minimum atomic E-state index is -1.88. The number of rotatable bonds is 3. The molecule has 138 valence electrons. The number of nitrogens with two attached hydrogens (primary N) is 1. The van der Waals surface area contributed by atoms with Crippen molar-refractivity contribution in [2.45, 2.75) is 11.8 Å². The molecule has 1 spiro atoms. The Labute approximate surface area is 154 Å². The first kappa shape index (κ1) is 18.0. The number of nitrogens with one attached hydrogen (secondary N) is 1. The lowest BCUT2D eigenvalue weighted by Crippen LogP contribution is -2.46. The van der Waals surface area contributed by atoms with Gasteiger partial charge in [-0.2, -0.15) is 5.26 Å². The molecule has 9 heteroatoms. The summed E-state index contributed by atoms with van der Waals surface area (Å²) < 4.78 is 14.9. The average molecular weight is 369 g/mol. The van der Waals surface area contributed by atoms with Gasteiger partial charge in [-0.1, -0.05) is 18.2 Å². The molecule has 1 aromatic rings. The predicted octanol–water partition coefficient (Wildman–Crippen LogP) is 0.131. The third-order valence-electron chi connectivity index (χ3n) is 4.46. The van der Waals surface area contributed by atoms with Crippen molar-refractivity contribution in [2.75, 3.05) is 14.2 Å². The van der Waals surface area contributed by atoms with Crippen molar-refractivity contribution in [3.63, 3.8) is 0 Å². The number of benzene rings is 1. The summed E-state index contributed by atoms with van der Waals surface area (Å²) in [6.45, 7) is 0. The topological polar surface area (TPSA) is 141 Å². The van der Waals surface area contributed by atoms with Crippen molar-refractivity contribution in [2.24, 2.45) is 5.73 Å². The molecular formula is C18H15N3O6. The van der Waals surface area contributed by atoms with Gasteiger partial charge in [0.05, 0.1) is 26.2 Å². The van der Waals surface area contributed by atoms with Crippen molar-refractivity contribution in [1.82, 2.24) is 5.32 Å². The Balaban J connectivity index is 2.40. The second-order valence-electron chi connectivity index (χ2n) is 5.75. The maximum Gasteiger partial charge on any atom is 0.337 e. The zero-order valence-corrected chi connectivity index (χ0v) is 14.5. The maximum atomic E-state index is 13.1. The van der Waals surface area contributed by atoms with Crippen LogP contribution in [0.3, 0.4) is 0 Å². The van der Waals surface area contributed by atoms with Gasteiger partial charge < -0.3 is 25.3 Å². The van der Waals surface area contributed by atoms with Crippen LogP contribution in [0.2, 0.25) is 0 Å². The van der Waals surface area contributed by atoms with E-state index in [-0.39, 0.29) is 34.0 Å². The van der Waals surface area contributed by atoms with E-state index in [0.717, 1.165) is 7.11 Å². The second kappa shape index (κ2) is 6.49. The zero-order chi connectivity index (χ0) is 19.8. The summed E-state index contributed by atoms with van der Waals surface area (Å²) in [4.78, 5) is 37.6. The Hall–Kier alpha value is -3.80. The molecule has 2 heterocycles. The fourth-order valence-electron chi connectivity index (χ4n) is 3.35. The smallest absolute Gasteiger partial charge is 0.337 e. The molecule has 2 aliphatic heterocycles. The molecule has 0 saturated carbocycles. The number of hydrogen-bond acceptors (Lipinski definition) is 8. The van der Waals surface area contributed by atoms with Crippen LogP contribution < -0.4 is 15.8 Å². The lowest BCUT2D eigenvalue weighted by atomic mass is 9.68. The fraction of sp³-hybridized carbons (Fsp3) is 0.222. The number of fused-ring (bicyclic) bond motifs is 2. The highest BCUT2D eigenvalue weighted by atomic mass is 16.5. The Kier molecular flexibility index (Phi) is 4.33. The molecule has 0 aromatic heterocycles. The molecule has 3 N–H and O–H groups in total. The van der Waals surface area contributed by atoms with Crippen LogP contribution in [0.5, 0.6) is 5.75 Å². The Morgan fingerprint density at radius 2 is 2.00 bits per heavy atom. The predicted molar refractivity (Wildman–Crippen MR) is 89.4 cm³/mol. The van der Waals surface area contributed by atoms with Gasteiger partial charge in [-0.15, -0.1) is 0 Å². The van der Waals surface area contributed by atoms with Gasteiger partial charge in [0.15, 0.2) is 5.41 Å². The molecule has 0 saturated heterocycles. The number of esters is 2. The minimum absolute atomic E-state index is 0.0176. The van der Waals surface area contributed by atoms with Crippen LogP contribution in [0, 0.1) is 11.3 Å². The second-order valence-corrected chi connectivity index (χ2v) is 5.75. The summed E-state index contributed by atoms with van der Waals surface area (Å²) in [6, 6.07) is 8.24. The lowest BCUT2D eigenvalue weighted by molar-refractivity contribution is -0.139. The quantitative estimate of drug-likeness (QED) is 0.716. The third kappa shape index (κ3) is 2.42. The Morgan fingerprint density at radius 3 is 2.63 bits per heavy atom. The lowest BCUT2D eigenvalue weighted by Gasteiger charge is -2.34. The number of nitrogens with zero attached hydrogens (tertiary/aromatic N) is 1. The Morgan fingerprint density at radius 1 is 1.30 bits per heavy atom. The minimum Gasteiger partial charge on any atom is -0.469 e. The summed E-state index contributed by atoms with van der Waals surface area (Å²) in [6.07, 6.45) is -0.393. The molecule has 9 nitrogen and oxygen atoms in total. The van der Waals surface area contributed by atoms with Gasteiger partial charge in [-0.3, -0.25) is 9.59 Å². The number of amides is 1. The van der Waals surface area contributed by atoms with Gasteiger partial charge in [0, 0.05) is 11.3 Å². The molecule has 0 unspecified atom stereocenters. The van der Waals surface area contributed by atoms with Gasteiger partial charge in [-0.05, 0) is 6.07 Å². The van der Waals surface area contributed by atoms with Crippen molar-refractivity contribution >= 4 is 17.8 Å². The van der Waals surface area contributed by atoms with Gasteiger partial charge >= 0.3 is 11.9 Å². The van der Waals surface area contributed by atoms with E-state index in [2.05, 4.69) is 10.1 Å².